The Kier molecular flexibility index (Phi) is 1.68. The molecule has 0 saturated heterocycles. The summed E-state index contributed by atoms with van der Waals surface area (Å²) in [6.45, 7) is 0. The van der Waals surface area contributed by atoms with Crippen LogP contribution < -0.4 is 0 Å². The van der Waals surface area contributed by atoms with Gasteiger partial charge in [-0.2, -0.15) is 0 Å². The van der Waals surface area contributed by atoms with Crippen LogP contribution in [0, 0.1) is 0 Å². The molecule has 0 aromatic heterocycles. The van der Waals surface area contributed by atoms with Crippen molar-refractivity contribution in [3.8, 4) is 0 Å². The summed E-state index contributed by atoms with van der Waals surface area (Å²) < 4.78 is 24.3. The standard InChI is InChI=1S/C12H10O2S/c13-15(14)11-7-3-1-5-9(11)10-6-2-4-8-12(10)15/h1-7,12H,8H2. The minimum Gasteiger partial charge on any atom is -0.223 e. The first-order valence-electron chi connectivity index (χ1n) is 4.91. The van der Waals surface area contributed by atoms with E-state index in [1.807, 2.05) is 30.4 Å². The van der Waals surface area contributed by atoms with Gasteiger partial charge in [-0.05, 0) is 23.6 Å². The molecule has 2 nitrogen and oxygen atoms in total. The molecule has 1 heterocycles. The lowest BCUT2D eigenvalue weighted by atomic mass is 9.98. The van der Waals surface area contributed by atoms with E-state index < -0.39 is 9.84 Å². The largest absolute Gasteiger partial charge is 0.223 e. The van der Waals surface area contributed by atoms with Gasteiger partial charge in [0, 0.05) is 0 Å². The molecule has 1 unspecified atom stereocenters. The number of hydrogen-bond acceptors (Lipinski definition) is 2. The van der Waals surface area contributed by atoms with E-state index in [4.69, 9.17) is 0 Å². The summed E-state index contributed by atoms with van der Waals surface area (Å²) in [6, 6.07) is 7.25. The molecule has 0 radical (unpaired) electrons. The van der Waals surface area contributed by atoms with Crippen molar-refractivity contribution in [3.63, 3.8) is 0 Å². The van der Waals surface area contributed by atoms with Crippen molar-refractivity contribution >= 4 is 15.4 Å². The molecule has 3 heteroatoms. The zero-order valence-corrected chi connectivity index (χ0v) is 8.87. The topological polar surface area (TPSA) is 34.1 Å². The van der Waals surface area contributed by atoms with Crippen molar-refractivity contribution in [1.29, 1.82) is 0 Å². The third kappa shape index (κ3) is 1.07. The Morgan fingerprint density at radius 1 is 1.20 bits per heavy atom. The molecule has 1 atom stereocenters. The van der Waals surface area contributed by atoms with Crippen molar-refractivity contribution in [2.75, 3.05) is 0 Å². The highest BCUT2D eigenvalue weighted by Crippen LogP contribution is 2.42. The van der Waals surface area contributed by atoms with Crippen LogP contribution in [0.25, 0.3) is 5.57 Å². The van der Waals surface area contributed by atoms with Gasteiger partial charge in [0.15, 0.2) is 9.84 Å². The van der Waals surface area contributed by atoms with E-state index in [2.05, 4.69) is 0 Å². The average Bonchev–Trinajstić information content (AvgIpc) is 2.51. The minimum atomic E-state index is -3.13. The summed E-state index contributed by atoms with van der Waals surface area (Å²) >= 11 is 0. The van der Waals surface area contributed by atoms with E-state index in [1.54, 1.807) is 12.1 Å². The quantitative estimate of drug-likeness (QED) is 0.669. The lowest BCUT2D eigenvalue weighted by Gasteiger charge is -2.11. The molecule has 1 aromatic carbocycles. The van der Waals surface area contributed by atoms with Crippen LogP contribution in [-0.4, -0.2) is 13.7 Å². The predicted molar refractivity (Wildman–Crippen MR) is 59.1 cm³/mol. The molecule has 3 rings (SSSR count). The van der Waals surface area contributed by atoms with Gasteiger partial charge in [-0.3, -0.25) is 0 Å². The molecule has 0 spiro atoms. The molecule has 76 valence electrons. The minimum absolute atomic E-state index is 0.347. The molecule has 0 saturated carbocycles. The van der Waals surface area contributed by atoms with Crippen molar-refractivity contribution in [1.82, 2.24) is 0 Å². The van der Waals surface area contributed by atoms with Gasteiger partial charge < -0.3 is 0 Å². The molecule has 0 N–H and O–H groups in total. The van der Waals surface area contributed by atoms with Crippen LogP contribution in [0.15, 0.2) is 47.4 Å². The average molecular weight is 218 g/mol. The zero-order chi connectivity index (χ0) is 10.5. The van der Waals surface area contributed by atoms with Crippen molar-refractivity contribution in [2.24, 2.45) is 0 Å². The van der Waals surface area contributed by atoms with Crippen LogP contribution in [-0.2, 0) is 9.84 Å². The SMILES string of the molecule is O=S1(=O)c2ccccc2C2=CC=CCC21. The van der Waals surface area contributed by atoms with Gasteiger partial charge in [0.05, 0.1) is 10.1 Å². The molecular weight excluding hydrogens is 208 g/mol. The fourth-order valence-corrected chi connectivity index (χ4v) is 4.24. The maximum absolute atomic E-state index is 12.1. The third-order valence-electron chi connectivity index (χ3n) is 2.99. The molecular formula is C12H10O2S. The van der Waals surface area contributed by atoms with E-state index in [0.29, 0.717) is 11.3 Å². The smallest absolute Gasteiger partial charge is 0.186 e. The Balaban J connectivity index is 2.37. The monoisotopic (exact) mass is 218 g/mol. The Morgan fingerprint density at radius 2 is 2.00 bits per heavy atom. The van der Waals surface area contributed by atoms with Gasteiger partial charge in [-0.15, -0.1) is 0 Å². The second-order valence-corrected chi connectivity index (χ2v) is 5.91. The van der Waals surface area contributed by atoms with Crippen LogP contribution in [0.4, 0.5) is 0 Å². The van der Waals surface area contributed by atoms with Crippen LogP contribution >= 0.6 is 0 Å². The molecule has 0 amide bonds. The molecule has 1 aliphatic carbocycles. The Bertz CT molecular complexity index is 579. The van der Waals surface area contributed by atoms with Crippen LogP contribution in [0.5, 0.6) is 0 Å². The molecule has 15 heavy (non-hydrogen) atoms. The Hall–Kier alpha value is -1.35. The number of sulfone groups is 1. The summed E-state index contributed by atoms with van der Waals surface area (Å²) in [7, 11) is -3.13. The third-order valence-corrected chi connectivity index (χ3v) is 5.15. The van der Waals surface area contributed by atoms with Crippen molar-refractivity contribution in [3.05, 3.63) is 48.1 Å². The fourth-order valence-electron chi connectivity index (χ4n) is 2.27. The highest BCUT2D eigenvalue weighted by molar-refractivity contribution is 7.93. The molecule has 1 aromatic rings. The van der Waals surface area contributed by atoms with E-state index in [9.17, 15) is 8.42 Å². The molecule has 1 aliphatic heterocycles. The first kappa shape index (κ1) is 8.92. The highest BCUT2D eigenvalue weighted by Gasteiger charge is 2.40. The maximum Gasteiger partial charge on any atom is 0.186 e. The summed E-state index contributed by atoms with van der Waals surface area (Å²) in [4.78, 5) is 0.491. The number of fused-ring (bicyclic) bond motifs is 3. The van der Waals surface area contributed by atoms with Crippen LogP contribution in [0.2, 0.25) is 0 Å². The number of benzene rings is 1. The van der Waals surface area contributed by atoms with Gasteiger partial charge in [0.25, 0.3) is 0 Å². The van der Waals surface area contributed by atoms with Gasteiger partial charge in [-0.1, -0.05) is 36.4 Å². The lowest BCUT2D eigenvalue weighted by molar-refractivity contribution is 0.592. The van der Waals surface area contributed by atoms with Gasteiger partial charge >= 0.3 is 0 Å². The molecule has 0 bridgehead atoms. The molecule has 2 aliphatic rings. The van der Waals surface area contributed by atoms with Crippen molar-refractivity contribution < 1.29 is 8.42 Å². The highest BCUT2D eigenvalue weighted by atomic mass is 32.2. The Labute approximate surface area is 88.9 Å². The predicted octanol–water partition coefficient (Wildman–Crippen LogP) is 2.19. The van der Waals surface area contributed by atoms with E-state index in [1.165, 1.54) is 0 Å². The van der Waals surface area contributed by atoms with Crippen LogP contribution in [0.1, 0.15) is 12.0 Å². The summed E-state index contributed by atoms with van der Waals surface area (Å²) in [6.07, 6.45) is 6.36. The zero-order valence-electron chi connectivity index (χ0n) is 8.05. The van der Waals surface area contributed by atoms with Gasteiger partial charge in [0.1, 0.15) is 0 Å². The number of rotatable bonds is 0. The van der Waals surface area contributed by atoms with Gasteiger partial charge in [-0.25, -0.2) is 8.42 Å². The van der Waals surface area contributed by atoms with E-state index >= 15 is 0 Å². The number of hydrogen-bond donors (Lipinski definition) is 0. The second-order valence-electron chi connectivity index (χ2n) is 3.82. The first-order valence-corrected chi connectivity index (χ1v) is 6.46. The summed E-state index contributed by atoms with van der Waals surface area (Å²) in [5.74, 6) is 0. The number of allylic oxidation sites excluding steroid dienone is 3. The Morgan fingerprint density at radius 3 is 2.87 bits per heavy atom. The maximum atomic E-state index is 12.1. The normalized spacial score (nSPS) is 25.6. The first-order chi connectivity index (χ1) is 7.21. The summed E-state index contributed by atoms with van der Waals surface area (Å²) in [5, 5.41) is -0.347. The van der Waals surface area contributed by atoms with E-state index in [-0.39, 0.29) is 5.25 Å². The van der Waals surface area contributed by atoms with E-state index in [0.717, 1.165) is 11.1 Å². The summed E-state index contributed by atoms with van der Waals surface area (Å²) in [5.41, 5.74) is 1.83. The second kappa shape index (κ2) is 2.83. The van der Waals surface area contributed by atoms with Crippen LogP contribution in [0.3, 0.4) is 0 Å². The van der Waals surface area contributed by atoms with Crippen molar-refractivity contribution in [2.45, 2.75) is 16.6 Å². The fraction of sp³-hybridized carbons (Fsp3) is 0.167. The molecule has 0 fully saturated rings. The lowest BCUT2D eigenvalue weighted by Crippen LogP contribution is -2.16. The van der Waals surface area contributed by atoms with Gasteiger partial charge in [0.2, 0.25) is 0 Å².